The molecular formula is C21H22N2O7S. The van der Waals surface area contributed by atoms with Gasteiger partial charge in [-0.1, -0.05) is 18.2 Å². The lowest BCUT2D eigenvalue weighted by atomic mass is 9.96. The third-order valence-corrected chi connectivity index (χ3v) is 7.53. The van der Waals surface area contributed by atoms with Gasteiger partial charge in [-0.2, -0.15) is 0 Å². The molecule has 0 spiro atoms. The van der Waals surface area contributed by atoms with E-state index >= 15 is 0 Å². The largest absolute Gasteiger partial charge is 0.497 e. The molecule has 2 aliphatic rings. The van der Waals surface area contributed by atoms with Crippen molar-refractivity contribution in [3.8, 4) is 5.75 Å². The Bertz CT molecular complexity index is 1120. The molecule has 0 aliphatic carbocycles. The van der Waals surface area contributed by atoms with E-state index in [9.17, 15) is 18.0 Å². The molecule has 10 heteroatoms. The van der Waals surface area contributed by atoms with Gasteiger partial charge in [0.05, 0.1) is 31.9 Å². The van der Waals surface area contributed by atoms with E-state index in [0.29, 0.717) is 17.0 Å². The maximum absolute atomic E-state index is 13.7. The van der Waals surface area contributed by atoms with Crippen LogP contribution in [-0.4, -0.2) is 58.9 Å². The van der Waals surface area contributed by atoms with Crippen LogP contribution >= 0.6 is 0 Å². The predicted molar refractivity (Wildman–Crippen MR) is 110 cm³/mol. The van der Waals surface area contributed by atoms with Gasteiger partial charge in [0.1, 0.15) is 18.0 Å². The van der Waals surface area contributed by atoms with Crippen molar-refractivity contribution in [3.05, 3.63) is 54.1 Å². The standard InChI is InChI=1S/C21H22N2O7S/c1-28-13-9-10-17-15(11-13)16-12-18(20(24)29-2)22(21(25)30-3)19(16)23(17)31(26,27)14-7-5-4-6-8-14/h4-11,16,18-19H,12H2,1-3H3/t16-,18+,19+/m1/s1. The van der Waals surface area contributed by atoms with Gasteiger partial charge in [-0.25, -0.2) is 22.3 Å². The van der Waals surface area contributed by atoms with Crippen LogP contribution in [0.4, 0.5) is 10.5 Å². The molecule has 0 radical (unpaired) electrons. The summed E-state index contributed by atoms with van der Waals surface area (Å²) >= 11 is 0. The van der Waals surface area contributed by atoms with Crippen LogP contribution in [0.2, 0.25) is 0 Å². The lowest BCUT2D eigenvalue weighted by molar-refractivity contribution is -0.145. The van der Waals surface area contributed by atoms with E-state index in [2.05, 4.69) is 0 Å². The molecule has 2 heterocycles. The quantitative estimate of drug-likeness (QED) is 0.664. The van der Waals surface area contributed by atoms with Gasteiger partial charge in [-0.3, -0.25) is 4.90 Å². The zero-order valence-electron chi connectivity index (χ0n) is 17.2. The summed E-state index contributed by atoms with van der Waals surface area (Å²) in [7, 11) is -0.143. The molecule has 1 amide bonds. The van der Waals surface area contributed by atoms with Crippen LogP contribution in [0.3, 0.4) is 0 Å². The average molecular weight is 446 g/mol. The summed E-state index contributed by atoms with van der Waals surface area (Å²) in [5.41, 5.74) is 1.10. The zero-order valence-corrected chi connectivity index (χ0v) is 18.0. The molecule has 0 N–H and O–H groups in total. The van der Waals surface area contributed by atoms with Gasteiger partial charge in [-0.15, -0.1) is 0 Å². The topological polar surface area (TPSA) is 102 Å². The predicted octanol–water partition coefficient (Wildman–Crippen LogP) is 2.33. The molecule has 0 unspecified atom stereocenters. The molecule has 0 saturated carbocycles. The van der Waals surface area contributed by atoms with Gasteiger partial charge in [0, 0.05) is 5.92 Å². The maximum Gasteiger partial charge on any atom is 0.411 e. The number of likely N-dealkylation sites (tertiary alicyclic amines) is 1. The summed E-state index contributed by atoms with van der Waals surface area (Å²) < 4.78 is 43.7. The van der Waals surface area contributed by atoms with Gasteiger partial charge in [-0.05, 0) is 42.3 Å². The van der Waals surface area contributed by atoms with Crippen molar-refractivity contribution in [1.82, 2.24) is 4.90 Å². The number of anilines is 1. The van der Waals surface area contributed by atoms with E-state index in [1.807, 2.05) is 0 Å². The number of nitrogens with zero attached hydrogens (tertiary/aromatic N) is 2. The van der Waals surface area contributed by atoms with Crippen molar-refractivity contribution in [2.45, 2.75) is 29.4 Å². The number of rotatable bonds is 4. The highest BCUT2D eigenvalue weighted by molar-refractivity contribution is 7.92. The molecule has 2 aromatic rings. The van der Waals surface area contributed by atoms with E-state index in [1.165, 1.54) is 37.8 Å². The minimum absolute atomic E-state index is 0.0729. The Balaban J connectivity index is 1.93. The molecule has 31 heavy (non-hydrogen) atoms. The summed E-state index contributed by atoms with van der Waals surface area (Å²) in [5, 5.41) is 0. The first kappa shape index (κ1) is 21.0. The summed E-state index contributed by atoms with van der Waals surface area (Å²) in [5.74, 6) is -0.560. The molecule has 1 fully saturated rings. The van der Waals surface area contributed by atoms with Gasteiger partial charge < -0.3 is 14.2 Å². The lowest BCUT2D eigenvalue weighted by Gasteiger charge is -2.34. The highest BCUT2D eigenvalue weighted by atomic mass is 32.2. The van der Waals surface area contributed by atoms with Crippen LogP contribution < -0.4 is 9.04 Å². The normalized spacial score (nSPS) is 22.0. The molecule has 9 nitrogen and oxygen atoms in total. The van der Waals surface area contributed by atoms with E-state index in [4.69, 9.17) is 14.2 Å². The van der Waals surface area contributed by atoms with Crippen molar-refractivity contribution in [2.75, 3.05) is 25.6 Å². The monoisotopic (exact) mass is 446 g/mol. The van der Waals surface area contributed by atoms with E-state index in [-0.39, 0.29) is 11.3 Å². The van der Waals surface area contributed by atoms with Crippen LogP contribution in [0.25, 0.3) is 0 Å². The Morgan fingerprint density at radius 3 is 2.32 bits per heavy atom. The molecule has 164 valence electrons. The Hall–Kier alpha value is -3.27. The molecule has 1 saturated heterocycles. The van der Waals surface area contributed by atoms with Crippen molar-refractivity contribution in [3.63, 3.8) is 0 Å². The molecule has 2 aliphatic heterocycles. The number of carbonyl (C=O) groups excluding carboxylic acids is 2. The van der Waals surface area contributed by atoms with Crippen LogP contribution in [0.1, 0.15) is 17.9 Å². The number of fused-ring (bicyclic) bond motifs is 3. The number of esters is 1. The first-order valence-corrected chi connectivity index (χ1v) is 11.0. The number of amides is 1. The summed E-state index contributed by atoms with van der Waals surface area (Å²) in [4.78, 5) is 26.4. The van der Waals surface area contributed by atoms with Crippen molar-refractivity contribution >= 4 is 27.8 Å². The number of hydrogen-bond donors (Lipinski definition) is 0. The van der Waals surface area contributed by atoms with Gasteiger partial charge in [0.15, 0.2) is 0 Å². The fraction of sp³-hybridized carbons (Fsp3) is 0.333. The Morgan fingerprint density at radius 2 is 1.71 bits per heavy atom. The zero-order chi connectivity index (χ0) is 22.3. The summed E-state index contributed by atoms with van der Waals surface area (Å²) in [6, 6.07) is 12.0. The fourth-order valence-electron chi connectivity index (χ4n) is 4.38. The van der Waals surface area contributed by atoms with Crippen molar-refractivity contribution in [2.24, 2.45) is 0 Å². The maximum atomic E-state index is 13.7. The van der Waals surface area contributed by atoms with Crippen molar-refractivity contribution in [1.29, 1.82) is 0 Å². The van der Waals surface area contributed by atoms with E-state index < -0.39 is 40.2 Å². The SMILES string of the molecule is COC(=O)[C@@H]1C[C@@H]2c3cc(OC)ccc3N(S(=O)(=O)c3ccccc3)[C@@H]2N1C(=O)OC. The van der Waals surface area contributed by atoms with Crippen LogP contribution in [-0.2, 0) is 24.3 Å². The Labute approximate surface area is 180 Å². The van der Waals surface area contributed by atoms with Crippen molar-refractivity contribution < 1.29 is 32.2 Å². The molecule has 4 rings (SSSR count). The number of sulfonamides is 1. The van der Waals surface area contributed by atoms with E-state index in [1.54, 1.807) is 36.4 Å². The number of carbonyl (C=O) groups is 2. The first-order chi connectivity index (χ1) is 14.8. The van der Waals surface area contributed by atoms with Crippen LogP contribution in [0.5, 0.6) is 5.75 Å². The second-order valence-corrected chi connectivity index (χ2v) is 9.03. The Morgan fingerprint density at radius 1 is 1.00 bits per heavy atom. The Kier molecular flexibility index (Phi) is 5.26. The minimum Gasteiger partial charge on any atom is -0.497 e. The summed E-state index contributed by atoms with van der Waals surface area (Å²) in [6.45, 7) is 0. The highest BCUT2D eigenvalue weighted by Gasteiger charge is 2.58. The first-order valence-electron chi connectivity index (χ1n) is 9.56. The second-order valence-electron chi connectivity index (χ2n) is 7.21. The highest BCUT2D eigenvalue weighted by Crippen LogP contribution is 2.53. The number of ether oxygens (including phenoxy) is 3. The van der Waals surface area contributed by atoms with Gasteiger partial charge in [0.25, 0.3) is 10.0 Å². The number of benzene rings is 2. The van der Waals surface area contributed by atoms with Gasteiger partial charge in [0.2, 0.25) is 0 Å². The molecule has 2 aromatic carbocycles. The molecule has 3 atom stereocenters. The number of hydrogen-bond acceptors (Lipinski definition) is 7. The second kappa shape index (κ2) is 7.77. The third-order valence-electron chi connectivity index (χ3n) is 5.73. The minimum atomic E-state index is -4.07. The van der Waals surface area contributed by atoms with Crippen LogP contribution in [0.15, 0.2) is 53.4 Å². The van der Waals surface area contributed by atoms with E-state index in [0.717, 1.165) is 4.90 Å². The number of methoxy groups -OCH3 is 3. The fourth-order valence-corrected chi connectivity index (χ4v) is 6.07. The average Bonchev–Trinajstić information content (AvgIpc) is 3.33. The smallest absolute Gasteiger partial charge is 0.411 e. The molecule has 0 aromatic heterocycles. The third kappa shape index (κ3) is 3.18. The molecule has 0 bridgehead atoms. The van der Waals surface area contributed by atoms with Crippen LogP contribution in [0, 0.1) is 0 Å². The molecular weight excluding hydrogens is 424 g/mol. The summed E-state index contributed by atoms with van der Waals surface area (Å²) in [6.07, 6.45) is -1.60. The van der Waals surface area contributed by atoms with Gasteiger partial charge >= 0.3 is 12.1 Å². The lowest BCUT2D eigenvalue weighted by Crippen LogP contribution is -2.53.